The molecule has 4 rings (SSSR count). The molecule has 2 heterocycles. The fraction of sp³-hybridized carbons (Fsp3) is 0.226. The van der Waals surface area contributed by atoms with Gasteiger partial charge in [0.05, 0.1) is 58.5 Å². The van der Waals surface area contributed by atoms with Crippen molar-refractivity contribution < 1.29 is 23.5 Å². The van der Waals surface area contributed by atoms with Gasteiger partial charge in [-0.05, 0) is 63.1 Å². The number of thioether (sulfide) groups is 1. The van der Waals surface area contributed by atoms with Crippen LogP contribution >= 0.6 is 11.8 Å². The van der Waals surface area contributed by atoms with E-state index in [2.05, 4.69) is 22.0 Å². The lowest BCUT2D eigenvalue weighted by Crippen LogP contribution is -2.31. The highest BCUT2D eigenvalue weighted by Gasteiger charge is 2.37. The number of nitrogens with one attached hydrogen (secondary N) is 3. The minimum atomic E-state index is -0.839. The third-order valence-electron chi connectivity index (χ3n) is 6.59. The first kappa shape index (κ1) is 29.2. The second-order valence-electron chi connectivity index (χ2n) is 9.57. The number of nitrogens with zero attached hydrogens (tertiary/aromatic N) is 1. The van der Waals surface area contributed by atoms with Crippen molar-refractivity contribution in [2.24, 2.45) is 0 Å². The number of nitriles is 1. The Morgan fingerprint density at radius 3 is 2.39 bits per heavy atom. The molecule has 0 fully saturated rings. The molecular formula is C31H30N4O5S. The first-order valence-electron chi connectivity index (χ1n) is 12.8. The van der Waals surface area contributed by atoms with E-state index >= 15 is 0 Å². The monoisotopic (exact) mass is 570 g/mol. The molecule has 0 radical (unpaired) electrons. The maximum absolute atomic E-state index is 13.7. The zero-order valence-electron chi connectivity index (χ0n) is 23.4. The van der Waals surface area contributed by atoms with Crippen LogP contribution in [0.25, 0.3) is 0 Å². The number of furan rings is 1. The SMILES string of the molecule is COC(=O)c1ccccc1NC(=O)C1=C(C)NC(SCC(=O)Nc2c(C)cc(C)cc2C)=C(C#N)C1c1ccco1. The molecule has 0 bridgehead atoms. The maximum Gasteiger partial charge on any atom is 0.339 e. The van der Waals surface area contributed by atoms with E-state index < -0.39 is 17.8 Å². The summed E-state index contributed by atoms with van der Waals surface area (Å²) in [5.74, 6) is -1.76. The van der Waals surface area contributed by atoms with Crippen LogP contribution in [0.4, 0.5) is 11.4 Å². The van der Waals surface area contributed by atoms with Crippen molar-refractivity contribution in [1.82, 2.24) is 5.32 Å². The van der Waals surface area contributed by atoms with E-state index in [-0.39, 0.29) is 34.1 Å². The van der Waals surface area contributed by atoms with Gasteiger partial charge in [-0.2, -0.15) is 5.26 Å². The number of rotatable bonds is 8. The van der Waals surface area contributed by atoms with Crippen molar-refractivity contribution >= 4 is 40.9 Å². The van der Waals surface area contributed by atoms with Gasteiger partial charge in [0.2, 0.25) is 5.91 Å². The molecular weight excluding hydrogens is 540 g/mol. The molecule has 1 aliphatic heterocycles. The number of dihydropyridines is 1. The number of esters is 1. The summed E-state index contributed by atoms with van der Waals surface area (Å²) >= 11 is 1.17. The van der Waals surface area contributed by atoms with E-state index in [0.29, 0.717) is 16.5 Å². The predicted octanol–water partition coefficient (Wildman–Crippen LogP) is 5.70. The largest absolute Gasteiger partial charge is 0.468 e. The third kappa shape index (κ3) is 6.36. The van der Waals surface area contributed by atoms with Gasteiger partial charge in [-0.15, -0.1) is 0 Å². The van der Waals surface area contributed by atoms with Gasteiger partial charge in [0.15, 0.2) is 0 Å². The van der Waals surface area contributed by atoms with Crippen molar-refractivity contribution in [2.45, 2.75) is 33.6 Å². The van der Waals surface area contributed by atoms with E-state index in [0.717, 1.165) is 22.4 Å². The molecule has 210 valence electrons. The zero-order chi connectivity index (χ0) is 29.7. The summed E-state index contributed by atoms with van der Waals surface area (Å²) in [7, 11) is 1.26. The van der Waals surface area contributed by atoms with Crippen molar-refractivity contribution in [2.75, 3.05) is 23.5 Å². The number of para-hydroxylation sites is 1. The summed E-state index contributed by atoms with van der Waals surface area (Å²) in [6.07, 6.45) is 1.47. The van der Waals surface area contributed by atoms with Crippen molar-refractivity contribution in [3.8, 4) is 6.07 Å². The topological polar surface area (TPSA) is 133 Å². The van der Waals surface area contributed by atoms with Crippen LogP contribution in [0.3, 0.4) is 0 Å². The maximum atomic E-state index is 13.7. The van der Waals surface area contributed by atoms with Crippen molar-refractivity contribution in [3.05, 3.63) is 105 Å². The summed E-state index contributed by atoms with van der Waals surface area (Å²) in [4.78, 5) is 38.8. The van der Waals surface area contributed by atoms with Crippen molar-refractivity contribution in [3.63, 3.8) is 0 Å². The molecule has 9 nitrogen and oxygen atoms in total. The van der Waals surface area contributed by atoms with Crippen LogP contribution in [0.2, 0.25) is 0 Å². The Bertz CT molecular complexity index is 1590. The number of amides is 2. The Kier molecular flexibility index (Phi) is 9.00. The first-order chi connectivity index (χ1) is 19.6. The number of aryl methyl sites for hydroxylation is 3. The molecule has 3 aromatic rings. The number of carbonyl (C=O) groups is 3. The van der Waals surface area contributed by atoms with E-state index in [1.54, 1.807) is 43.3 Å². The number of allylic oxidation sites excluding steroid dienone is 2. The van der Waals surface area contributed by atoms with Gasteiger partial charge in [0.1, 0.15) is 5.76 Å². The molecule has 0 spiro atoms. The minimum Gasteiger partial charge on any atom is -0.468 e. The highest BCUT2D eigenvalue weighted by Crippen LogP contribution is 2.41. The van der Waals surface area contributed by atoms with E-state index in [9.17, 15) is 19.6 Å². The van der Waals surface area contributed by atoms with Gasteiger partial charge in [-0.3, -0.25) is 9.59 Å². The lowest BCUT2D eigenvalue weighted by atomic mass is 9.85. The number of benzene rings is 2. The van der Waals surface area contributed by atoms with Crippen LogP contribution in [0.15, 0.2) is 81.1 Å². The number of carbonyl (C=O) groups excluding carboxylic acids is 3. The predicted molar refractivity (Wildman–Crippen MR) is 158 cm³/mol. The molecule has 1 aromatic heterocycles. The summed E-state index contributed by atoms with van der Waals surface area (Å²) < 4.78 is 10.5. The van der Waals surface area contributed by atoms with Gasteiger partial charge in [-0.1, -0.05) is 41.6 Å². The smallest absolute Gasteiger partial charge is 0.339 e. The van der Waals surface area contributed by atoms with Crippen molar-refractivity contribution in [1.29, 1.82) is 5.26 Å². The average Bonchev–Trinajstić information content (AvgIpc) is 3.48. The molecule has 1 unspecified atom stereocenters. The zero-order valence-corrected chi connectivity index (χ0v) is 24.2. The van der Waals surface area contributed by atoms with Crippen LogP contribution in [0.1, 0.15) is 45.7 Å². The van der Waals surface area contributed by atoms with Gasteiger partial charge >= 0.3 is 5.97 Å². The Labute approximate surface area is 242 Å². The quantitative estimate of drug-likeness (QED) is 0.294. The summed E-state index contributed by atoms with van der Waals surface area (Å²) in [6, 6.07) is 16.1. The molecule has 41 heavy (non-hydrogen) atoms. The standard InChI is InChI=1S/C31H30N4O5S/c1-17-13-18(2)28(19(3)14-17)35-25(36)16-41-30-22(15-32)27(24-11-8-12-40-24)26(20(4)33-30)29(37)34-23-10-7-6-9-21(23)31(38)39-5/h6-14,27,33H,16H2,1-5H3,(H,34,37)(H,35,36). The van der Waals surface area contributed by atoms with Crippen LogP contribution < -0.4 is 16.0 Å². The normalized spacial score (nSPS) is 14.7. The highest BCUT2D eigenvalue weighted by molar-refractivity contribution is 8.03. The fourth-order valence-electron chi connectivity index (χ4n) is 4.83. The number of anilines is 2. The molecule has 0 saturated carbocycles. The second-order valence-corrected chi connectivity index (χ2v) is 10.6. The molecule has 2 aromatic carbocycles. The molecule has 2 amide bonds. The Morgan fingerprint density at radius 1 is 1.05 bits per heavy atom. The average molecular weight is 571 g/mol. The van der Waals surface area contributed by atoms with Crippen LogP contribution in [-0.2, 0) is 14.3 Å². The van der Waals surface area contributed by atoms with Gasteiger partial charge < -0.3 is 25.1 Å². The van der Waals surface area contributed by atoms with E-state index in [1.807, 2.05) is 32.9 Å². The number of methoxy groups -OCH3 is 1. The second kappa shape index (κ2) is 12.6. The highest BCUT2D eigenvalue weighted by atomic mass is 32.2. The first-order valence-corrected chi connectivity index (χ1v) is 13.8. The molecule has 10 heteroatoms. The fourth-order valence-corrected chi connectivity index (χ4v) is 5.72. The third-order valence-corrected chi connectivity index (χ3v) is 7.61. The van der Waals surface area contributed by atoms with Crippen LogP contribution in [0.5, 0.6) is 0 Å². The molecule has 3 N–H and O–H groups in total. The number of hydrogen-bond acceptors (Lipinski definition) is 8. The number of ether oxygens (including phenoxy) is 1. The number of hydrogen-bond donors (Lipinski definition) is 3. The lowest BCUT2D eigenvalue weighted by Gasteiger charge is -2.28. The van der Waals surface area contributed by atoms with Crippen LogP contribution in [-0.4, -0.2) is 30.6 Å². The molecule has 1 aliphatic rings. The summed E-state index contributed by atoms with van der Waals surface area (Å²) in [6.45, 7) is 7.61. The minimum absolute atomic E-state index is 0.0342. The molecule has 0 aliphatic carbocycles. The van der Waals surface area contributed by atoms with E-state index in [1.165, 1.54) is 25.1 Å². The molecule has 0 saturated heterocycles. The molecule has 1 atom stereocenters. The Morgan fingerprint density at radius 2 is 1.76 bits per heavy atom. The van der Waals surface area contributed by atoms with E-state index in [4.69, 9.17) is 9.15 Å². The van der Waals surface area contributed by atoms with Gasteiger partial charge in [-0.25, -0.2) is 4.79 Å². The summed E-state index contributed by atoms with van der Waals surface area (Å²) in [5, 5.41) is 19.6. The van der Waals surface area contributed by atoms with Gasteiger partial charge in [0.25, 0.3) is 5.91 Å². The Balaban J connectivity index is 1.61. The summed E-state index contributed by atoms with van der Waals surface area (Å²) in [5.41, 5.74) is 5.23. The van der Waals surface area contributed by atoms with Gasteiger partial charge in [0, 0.05) is 11.4 Å². The lowest BCUT2D eigenvalue weighted by molar-refractivity contribution is -0.114. The van der Waals surface area contributed by atoms with Crippen LogP contribution in [0, 0.1) is 32.1 Å². The Hall–Kier alpha value is -4.75.